The zero-order chi connectivity index (χ0) is 5.82. The molecule has 8 heavy (non-hydrogen) atoms. The quantitative estimate of drug-likeness (QED) is 0.687. The third kappa shape index (κ3) is 1.75. The first-order valence-corrected chi connectivity index (χ1v) is 12.0. The van der Waals surface area contributed by atoms with E-state index in [-0.39, 0.29) is 0 Å². The van der Waals surface area contributed by atoms with Crippen LogP contribution in [-0.2, 0) is 23.3 Å². The molecule has 0 saturated carbocycles. The van der Waals surface area contributed by atoms with Crippen LogP contribution < -0.4 is 3.07 Å². The standard InChI is InChI=1S/C6H4.ClH.Hg/c1-2-4-6-5-3-1;;/h1-2,5-6H;1H;/q;;+1/p-1. The number of rotatable bonds is 1. The van der Waals surface area contributed by atoms with Crippen molar-refractivity contribution in [2.45, 2.75) is 0 Å². The Kier molecular flexibility index (Phi) is 2.84. The van der Waals surface area contributed by atoms with Gasteiger partial charge in [-0.2, -0.15) is 0 Å². The summed E-state index contributed by atoms with van der Waals surface area (Å²) in [6, 6.07) is 10.9. The van der Waals surface area contributed by atoms with Crippen LogP contribution in [0.2, 0.25) is 0 Å². The summed E-state index contributed by atoms with van der Waals surface area (Å²) in [7, 11) is 5.74. The maximum atomic E-state index is 5.74. The molecule has 0 spiro atoms. The molecule has 1 radical (unpaired) electrons. The monoisotopic (exact) mass is 313 g/mol. The van der Waals surface area contributed by atoms with Gasteiger partial charge in [-0.1, -0.05) is 0 Å². The molecule has 0 atom stereocenters. The Morgan fingerprint density at radius 2 is 2.00 bits per heavy atom. The summed E-state index contributed by atoms with van der Waals surface area (Å²) in [6.45, 7) is 0. The van der Waals surface area contributed by atoms with Gasteiger partial charge in [0.05, 0.1) is 0 Å². The van der Waals surface area contributed by atoms with E-state index in [1.807, 2.05) is 12.1 Å². The fourth-order valence-electron chi connectivity index (χ4n) is 0.510. The predicted octanol–water partition coefficient (Wildman–Crippen LogP) is 1.35. The van der Waals surface area contributed by atoms with E-state index in [4.69, 9.17) is 8.25 Å². The molecule has 0 N–H and O–H groups in total. The molecule has 0 aromatic heterocycles. The van der Waals surface area contributed by atoms with Gasteiger partial charge in [0.1, 0.15) is 0 Å². The van der Waals surface area contributed by atoms with Gasteiger partial charge in [-0.05, 0) is 0 Å². The number of hydrogen-bond donors (Lipinski definition) is 0. The molecule has 0 bridgehead atoms. The van der Waals surface area contributed by atoms with Gasteiger partial charge in [-0.3, -0.25) is 0 Å². The Bertz CT molecular complexity index is 150. The second-order valence-corrected chi connectivity index (χ2v) is 8.10. The fraction of sp³-hybridized carbons (Fsp3) is 0. The van der Waals surface area contributed by atoms with E-state index in [1.54, 1.807) is 0 Å². The van der Waals surface area contributed by atoms with Crippen molar-refractivity contribution in [3.63, 3.8) is 0 Å². The van der Waals surface area contributed by atoms with Crippen molar-refractivity contribution in [1.29, 1.82) is 0 Å². The maximum absolute atomic E-state index is 5.74. The van der Waals surface area contributed by atoms with Crippen LogP contribution in [0.25, 0.3) is 0 Å². The van der Waals surface area contributed by atoms with Gasteiger partial charge >= 0.3 is 65.0 Å². The molecule has 0 aliphatic heterocycles. The molecule has 0 fully saturated rings. The summed E-state index contributed by atoms with van der Waals surface area (Å²) < 4.78 is 1.37. The summed E-state index contributed by atoms with van der Waals surface area (Å²) in [6.07, 6.45) is 0. The fourth-order valence-corrected chi connectivity index (χ4v) is 3.68. The van der Waals surface area contributed by atoms with E-state index in [1.165, 1.54) is 3.07 Å². The van der Waals surface area contributed by atoms with Crippen molar-refractivity contribution in [3.05, 3.63) is 30.3 Å². The number of halogens is 1. The van der Waals surface area contributed by atoms with E-state index < -0.39 is 23.3 Å². The van der Waals surface area contributed by atoms with Crippen molar-refractivity contribution >= 4 is 11.3 Å². The molecule has 2 heteroatoms. The first-order valence-electron chi connectivity index (χ1n) is 2.44. The number of hydrogen-bond acceptors (Lipinski definition) is 0. The summed E-state index contributed by atoms with van der Waals surface area (Å²) in [5.41, 5.74) is 0. The second kappa shape index (κ2) is 3.47. The molecule has 1 aromatic carbocycles. The normalized spacial score (nSPS) is 8.12. The topological polar surface area (TPSA) is 0 Å². The van der Waals surface area contributed by atoms with Crippen molar-refractivity contribution in [3.8, 4) is 0 Å². The van der Waals surface area contributed by atoms with Crippen molar-refractivity contribution in [1.82, 2.24) is 0 Å². The predicted molar refractivity (Wildman–Crippen MR) is 30.8 cm³/mol. The minimum absolute atomic E-state index is 1.09. The van der Waals surface area contributed by atoms with Crippen LogP contribution in [0.15, 0.2) is 24.3 Å². The summed E-state index contributed by atoms with van der Waals surface area (Å²) in [5, 5.41) is 0. The molecule has 0 saturated heterocycles. The molecular formula is C6H4ClHg. The van der Waals surface area contributed by atoms with Gasteiger partial charge in [0.15, 0.2) is 0 Å². The van der Waals surface area contributed by atoms with E-state index in [2.05, 4.69) is 18.2 Å². The minimum atomic E-state index is -1.09. The Hall–Kier alpha value is 0.445. The zero-order valence-electron chi connectivity index (χ0n) is 4.39. The van der Waals surface area contributed by atoms with Crippen LogP contribution in [0.5, 0.6) is 0 Å². The first kappa shape index (κ1) is 6.56. The first-order chi connectivity index (χ1) is 3.93. The Balaban J connectivity index is 2.83. The summed E-state index contributed by atoms with van der Waals surface area (Å²) >= 11 is -1.09. The summed E-state index contributed by atoms with van der Waals surface area (Å²) in [5.74, 6) is 0. The average Bonchev–Trinajstić information content (AvgIpc) is 1.90. The van der Waals surface area contributed by atoms with Crippen LogP contribution in [0.3, 0.4) is 0 Å². The SMILES string of the molecule is [Cl][Hg][c]1cc[c]cc1. The van der Waals surface area contributed by atoms with Gasteiger partial charge < -0.3 is 0 Å². The Morgan fingerprint density at radius 3 is 2.38 bits per heavy atom. The molecule has 0 heterocycles. The van der Waals surface area contributed by atoms with Crippen molar-refractivity contribution < 1.29 is 23.3 Å². The zero-order valence-corrected chi connectivity index (χ0v) is 10.6. The van der Waals surface area contributed by atoms with E-state index >= 15 is 0 Å². The van der Waals surface area contributed by atoms with Gasteiger partial charge in [-0.15, -0.1) is 0 Å². The molecule has 0 nitrogen and oxygen atoms in total. The van der Waals surface area contributed by atoms with Crippen LogP contribution in [0, 0.1) is 6.07 Å². The Labute approximate surface area is 64.7 Å². The molecule has 0 aliphatic carbocycles. The third-order valence-electron chi connectivity index (χ3n) is 0.942. The molecule has 0 aliphatic rings. The van der Waals surface area contributed by atoms with E-state index in [9.17, 15) is 0 Å². The third-order valence-corrected chi connectivity index (χ3v) is 6.68. The molecule has 37 valence electrons. The van der Waals surface area contributed by atoms with E-state index in [0.717, 1.165) is 0 Å². The molecule has 1 rings (SSSR count). The molecule has 1 aromatic rings. The van der Waals surface area contributed by atoms with Gasteiger partial charge in [0.25, 0.3) is 0 Å². The van der Waals surface area contributed by atoms with Gasteiger partial charge in [0, 0.05) is 0 Å². The van der Waals surface area contributed by atoms with Crippen LogP contribution in [0.1, 0.15) is 0 Å². The van der Waals surface area contributed by atoms with Gasteiger partial charge in [0.2, 0.25) is 0 Å². The Morgan fingerprint density at radius 1 is 1.38 bits per heavy atom. The van der Waals surface area contributed by atoms with Crippen molar-refractivity contribution in [2.24, 2.45) is 0 Å². The number of benzene rings is 1. The summed E-state index contributed by atoms with van der Waals surface area (Å²) in [4.78, 5) is 0. The van der Waals surface area contributed by atoms with Crippen LogP contribution >= 0.6 is 8.25 Å². The van der Waals surface area contributed by atoms with Crippen LogP contribution in [-0.4, -0.2) is 0 Å². The average molecular weight is 312 g/mol. The van der Waals surface area contributed by atoms with Crippen molar-refractivity contribution in [2.75, 3.05) is 0 Å². The molecule has 0 amide bonds. The van der Waals surface area contributed by atoms with E-state index in [0.29, 0.717) is 0 Å². The molecule has 0 unspecified atom stereocenters. The van der Waals surface area contributed by atoms with Crippen LogP contribution in [0.4, 0.5) is 0 Å². The van der Waals surface area contributed by atoms with Gasteiger partial charge in [-0.25, -0.2) is 0 Å². The second-order valence-electron chi connectivity index (χ2n) is 1.54. The molecular weight excluding hydrogens is 308 g/mol.